The first-order valence-corrected chi connectivity index (χ1v) is 29.5. The maximum Gasteiger partial charge on any atom is 0.306 e. The van der Waals surface area contributed by atoms with Crippen molar-refractivity contribution in [2.24, 2.45) is 0 Å². The van der Waals surface area contributed by atoms with Crippen molar-refractivity contribution in [3.05, 3.63) is 72.9 Å². The first-order valence-electron chi connectivity index (χ1n) is 29.5. The summed E-state index contributed by atoms with van der Waals surface area (Å²) < 4.78 is 17.5. The molecule has 0 N–H and O–H groups in total. The lowest BCUT2D eigenvalue weighted by molar-refractivity contribution is -0.163. The van der Waals surface area contributed by atoms with Gasteiger partial charge in [0.05, 0.1) is 6.61 Å². The number of hydrogen-bond acceptors (Lipinski definition) is 5. The zero-order chi connectivity index (χ0) is 49.2. The molecule has 0 aliphatic rings. The molecule has 0 amide bonds. The number of ether oxygens (including phenoxy) is 3. The molecule has 68 heavy (non-hydrogen) atoms. The van der Waals surface area contributed by atoms with E-state index >= 15 is 0 Å². The van der Waals surface area contributed by atoms with Gasteiger partial charge in [-0.3, -0.25) is 9.59 Å². The van der Waals surface area contributed by atoms with Gasteiger partial charge in [0, 0.05) is 19.4 Å². The zero-order valence-corrected chi connectivity index (χ0v) is 45.4. The summed E-state index contributed by atoms with van der Waals surface area (Å²) in [7, 11) is 0. The Morgan fingerprint density at radius 1 is 0.338 bits per heavy atom. The second kappa shape index (κ2) is 58.7. The number of unbranched alkanes of at least 4 members (excludes halogenated alkanes) is 31. The lowest BCUT2D eigenvalue weighted by atomic mass is 10.0. The predicted molar refractivity (Wildman–Crippen MR) is 297 cm³/mol. The molecule has 5 nitrogen and oxygen atoms in total. The Kier molecular flexibility index (Phi) is 56.4. The average molecular weight is 950 g/mol. The number of allylic oxidation sites excluding steroid dienone is 12. The monoisotopic (exact) mass is 949 g/mol. The third-order valence-electron chi connectivity index (χ3n) is 12.7. The molecule has 1 atom stereocenters. The molecule has 394 valence electrons. The highest BCUT2D eigenvalue weighted by Crippen LogP contribution is 2.16. The molecule has 5 heteroatoms. The van der Waals surface area contributed by atoms with E-state index in [1.54, 1.807) is 0 Å². The molecule has 0 saturated carbocycles. The second-order valence-corrected chi connectivity index (χ2v) is 19.5. The van der Waals surface area contributed by atoms with Gasteiger partial charge in [0.2, 0.25) is 0 Å². The Hall–Kier alpha value is -2.66. The van der Waals surface area contributed by atoms with Crippen LogP contribution in [0.15, 0.2) is 72.9 Å². The van der Waals surface area contributed by atoms with Gasteiger partial charge in [-0.1, -0.05) is 261 Å². The molecule has 0 spiro atoms. The summed E-state index contributed by atoms with van der Waals surface area (Å²) in [5, 5.41) is 0. The molecule has 0 radical (unpaired) electrons. The van der Waals surface area contributed by atoms with E-state index in [4.69, 9.17) is 14.2 Å². The molecule has 0 bridgehead atoms. The van der Waals surface area contributed by atoms with E-state index in [9.17, 15) is 9.59 Å². The maximum atomic E-state index is 12.9. The predicted octanol–water partition coefficient (Wildman–Crippen LogP) is 20.2. The van der Waals surface area contributed by atoms with Crippen molar-refractivity contribution in [1.82, 2.24) is 0 Å². The highest BCUT2D eigenvalue weighted by atomic mass is 16.6. The summed E-state index contributed by atoms with van der Waals surface area (Å²) in [6.45, 7) is 7.66. The van der Waals surface area contributed by atoms with Crippen LogP contribution in [-0.4, -0.2) is 37.9 Å². The fourth-order valence-electron chi connectivity index (χ4n) is 8.36. The van der Waals surface area contributed by atoms with Crippen LogP contribution in [0.25, 0.3) is 0 Å². The molecule has 0 aromatic carbocycles. The first kappa shape index (κ1) is 65.3. The second-order valence-electron chi connectivity index (χ2n) is 19.5. The Labute approximate surface area is 423 Å². The Morgan fingerprint density at radius 3 is 1.09 bits per heavy atom. The van der Waals surface area contributed by atoms with Gasteiger partial charge in [-0.25, -0.2) is 0 Å². The third-order valence-corrected chi connectivity index (χ3v) is 12.7. The van der Waals surface area contributed by atoms with Crippen molar-refractivity contribution in [3.63, 3.8) is 0 Å². The molecule has 1 unspecified atom stereocenters. The van der Waals surface area contributed by atoms with Crippen molar-refractivity contribution in [3.8, 4) is 0 Å². The van der Waals surface area contributed by atoms with E-state index in [0.29, 0.717) is 19.4 Å². The number of carbonyl (C=O) groups is 2. The Balaban J connectivity index is 4.30. The van der Waals surface area contributed by atoms with Gasteiger partial charge in [-0.05, 0) is 89.9 Å². The minimum absolute atomic E-state index is 0.0708. The lowest BCUT2D eigenvalue weighted by Gasteiger charge is -2.18. The van der Waals surface area contributed by atoms with E-state index in [2.05, 4.69) is 93.7 Å². The van der Waals surface area contributed by atoms with E-state index in [-0.39, 0.29) is 25.2 Å². The van der Waals surface area contributed by atoms with Crippen LogP contribution < -0.4 is 0 Å². The molecule has 0 saturated heterocycles. The van der Waals surface area contributed by atoms with E-state index in [0.717, 1.165) is 83.5 Å². The highest BCUT2D eigenvalue weighted by molar-refractivity contribution is 5.70. The maximum absolute atomic E-state index is 12.9. The molecule has 0 aliphatic heterocycles. The summed E-state index contributed by atoms with van der Waals surface area (Å²) in [4.78, 5) is 25.6. The number of hydrogen-bond donors (Lipinski definition) is 0. The largest absolute Gasteiger partial charge is 0.462 e. The molecular formula is C63H112O5. The normalized spacial score (nSPS) is 12.7. The van der Waals surface area contributed by atoms with Crippen LogP contribution in [0.5, 0.6) is 0 Å². The zero-order valence-electron chi connectivity index (χ0n) is 45.4. The summed E-state index contributed by atoms with van der Waals surface area (Å²) >= 11 is 0. The van der Waals surface area contributed by atoms with E-state index < -0.39 is 6.10 Å². The lowest BCUT2D eigenvalue weighted by Crippen LogP contribution is -2.30. The minimum Gasteiger partial charge on any atom is -0.462 e. The SMILES string of the molecule is CC/C=C\C/C=C\C/C=C\C/C=C\CCCCCOCC(COC(=O)CCCCCCCCCCC/C=C\C/C=C\CCCCC)OC(=O)CCCCCCCCCCCCCCCCCCC. The van der Waals surface area contributed by atoms with Gasteiger partial charge in [0.15, 0.2) is 6.10 Å². The molecular weight excluding hydrogens is 837 g/mol. The highest BCUT2D eigenvalue weighted by Gasteiger charge is 2.17. The average Bonchev–Trinajstić information content (AvgIpc) is 3.34. The van der Waals surface area contributed by atoms with Gasteiger partial charge in [-0.2, -0.15) is 0 Å². The fourth-order valence-corrected chi connectivity index (χ4v) is 8.36. The molecule has 0 aliphatic carbocycles. The molecule has 0 fully saturated rings. The van der Waals surface area contributed by atoms with Crippen LogP contribution in [0.2, 0.25) is 0 Å². The van der Waals surface area contributed by atoms with E-state index in [1.165, 1.54) is 173 Å². The number of carbonyl (C=O) groups excluding carboxylic acids is 2. The van der Waals surface area contributed by atoms with Crippen LogP contribution in [0, 0.1) is 0 Å². The number of rotatable bonds is 54. The summed E-state index contributed by atoms with van der Waals surface area (Å²) in [6, 6.07) is 0. The van der Waals surface area contributed by atoms with Crippen LogP contribution in [0.3, 0.4) is 0 Å². The smallest absolute Gasteiger partial charge is 0.306 e. The minimum atomic E-state index is -0.556. The molecule has 0 aromatic rings. The first-order chi connectivity index (χ1) is 33.6. The van der Waals surface area contributed by atoms with Crippen LogP contribution >= 0.6 is 0 Å². The van der Waals surface area contributed by atoms with Crippen LogP contribution in [0.1, 0.15) is 290 Å². The summed E-state index contributed by atoms with van der Waals surface area (Å²) in [5.74, 6) is -0.408. The standard InChI is InChI=1S/C63H112O5/c1-4-7-10-13-16-19-22-25-28-31-32-34-35-38-41-44-47-50-53-56-62(64)67-60-61(59-66-58-55-52-49-46-43-40-37-30-27-24-21-18-15-12-9-6-3)68-63(65)57-54-51-48-45-42-39-36-33-29-26-23-20-17-14-11-8-5-2/h9,12,16,18-19,21,25,27-28,30,40,43,61H,4-8,10-11,13-15,17,20,22-24,26,29,31-39,41-42,44-60H2,1-3H3/b12-9-,19-16-,21-18-,28-25-,30-27-,43-40-. The molecule has 0 aromatic heterocycles. The van der Waals surface area contributed by atoms with Crippen molar-refractivity contribution >= 4 is 11.9 Å². The third kappa shape index (κ3) is 55.9. The quantitative estimate of drug-likeness (QED) is 0.0345. The van der Waals surface area contributed by atoms with Crippen molar-refractivity contribution in [2.45, 2.75) is 297 Å². The van der Waals surface area contributed by atoms with Gasteiger partial charge >= 0.3 is 11.9 Å². The van der Waals surface area contributed by atoms with Crippen molar-refractivity contribution in [2.75, 3.05) is 19.8 Å². The van der Waals surface area contributed by atoms with Crippen molar-refractivity contribution < 1.29 is 23.8 Å². The number of esters is 2. The van der Waals surface area contributed by atoms with Gasteiger partial charge < -0.3 is 14.2 Å². The van der Waals surface area contributed by atoms with Gasteiger partial charge in [0.25, 0.3) is 0 Å². The van der Waals surface area contributed by atoms with Crippen LogP contribution in [-0.2, 0) is 23.8 Å². The topological polar surface area (TPSA) is 61.8 Å². The Bertz CT molecular complexity index is 1210. The van der Waals surface area contributed by atoms with E-state index in [1.807, 2.05) is 0 Å². The fraction of sp³-hybridized carbons (Fsp3) is 0.778. The molecule has 0 heterocycles. The van der Waals surface area contributed by atoms with Crippen LogP contribution in [0.4, 0.5) is 0 Å². The summed E-state index contributed by atoms with van der Waals surface area (Å²) in [6.07, 6.45) is 76.4. The molecule has 0 rings (SSSR count). The van der Waals surface area contributed by atoms with Crippen molar-refractivity contribution in [1.29, 1.82) is 0 Å². The van der Waals surface area contributed by atoms with Gasteiger partial charge in [0.1, 0.15) is 6.61 Å². The Morgan fingerprint density at radius 2 is 0.662 bits per heavy atom. The summed E-state index contributed by atoms with van der Waals surface area (Å²) in [5.41, 5.74) is 0. The van der Waals surface area contributed by atoms with Gasteiger partial charge in [-0.15, -0.1) is 0 Å².